The molecule has 2 aromatic rings. The van der Waals surface area contributed by atoms with Crippen LogP contribution in [0.2, 0.25) is 0 Å². The van der Waals surface area contributed by atoms with Crippen molar-refractivity contribution in [3.63, 3.8) is 0 Å². The van der Waals surface area contributed by atoms with Crippen molar-refractivity contribution in [3.8, 4) is 5.69 Å². The van der Waals surface area contributed by atoms with Crippen molar-refractivity contribution in [1.82, 2.24) is 19.6 Å². The first-order valence-electron chi connectivity index (χ1n) is 8.38. The van der Waals surface area contributed by atoms with E-state index in [9.17, 15) is 4.79 Å². The Balaban J connectivity index is 1.53. The number of benzene rings is 1. The van der Waals surface area contributed by atoms with Crippen LogP contribution >= 0.6 is 0 Å². The van der Waals surface area contributed by atoms with E-state index in [1.807, 2.05) is 23.0 Å². The van der Waals surface area contributed by atoms with Crippen molar-refractivity contribution in [2.75, 3.05) is 32.7 Å². The van der Waals surface area contributed by atoms with E-state index < -0.39 is 5.97 Å². The smallest absolute Gasteiger partial charge is 0.304 e. The second-order valence-corrected chi connectivity index (χ2v) is 6.34. The maximum absolute atomic E-state index is 10.6. The van der Waals surface area contributed by atoms with Gasteiger partial charge in [0, 0.05) is 51.0 Å². The molecule has 0 unspecified atom stereocenters. The Morgan fingerprint density at radius 3 is 2.58 bits per heavy atom. The molecular weight excluding hydrogens is 304 g/mol. The van der Waals surface area contributed by atoms with Crippen molar-refractivity contribution >= 4 is 5.97 Å². The third-order valence-electron chi connectivity index (χ3n) is 4.51. The first-order chi connectivity index (χ1) is 11.6. The van der Waals surface area contributed by atoms with Crippen LogP contribution in [0.4, 0.5) is 0 Å². The number of hydrogen-bond donors (Lipinski definition) is 1. The maximum atomic E-state index is 10.6. The number of carbonyl (C=O) groups is 1. The fourth-order valence-electron chi connectivity index (χ4n) is 3.08. The summed E-state index contributed by atoms with van der Waals surface area (Å²) in [5, 5.41) is 13.3. The number of piperazine rings is 1. The average Bonchev–Trinajstić information content (AvgIpc) is 3.03. The lowest BCUT2D eigenvalue weighted by Gasteiger charge is -2.34. The Bertz CT molecular complexity index is 690. The van der Waals surface area contributed by atoms with Gasteiger partial charge in [-0.2, -0.15) is 5.10 Å². The van der Waals surface area contributed by atoms with Crippen LogP contribution in [-0.4, -0.2) is 63.4 Å². The molecule has 0 radical (unpaired) electrons. The van der Waals surface area contributed by atoms with E-state index in [4.69, 9.17) is 5.11 Å². The fourth-order valence-corrected chi connectivity index (χ4v) is 3.08. The zero-order chi connectivity index (χ0) is 16.9. The van der Waals surface area contributed by atoms with Crippen LogP contribution in [0.25, 0.3) is 5.69 Å². The second-order valence-electron chi connectivity index (χ2n) is 6.34. The zero-order valence-corrected chi connectivity index (χ0v) is 14.1. The van der Waals surface area contributed by atoms with Gasteiger partial charge in [-0.05, 0) is 18.6 Å². The van der Waals surface area contributed by atoms with Crippen molar-refractivity contribution in [1.29, 1.82) is 0 Å². The molecule has 0 aliphatic carbocycles. The van der Waals surface area contributed by atoms with Crippen molar-refractivity contribution in [3.05, 3.63) is 47.8 Å². The normalized spacial score (nSPS) is 16.4. The molecule has 1 N–H and O–H groups in total. The van der Waals surface area contributed by atoms with Gasteiger partial charge in [-0.1, -0.05) is 18.2 Å². The van der Waals surface area contributed by atoms with Crippen molar-refractivity contribution in [2.45, 2.75) is 19.9 Å². The second kappa shape index (κ2) is 7.59. The molecule has 128 valence electrons. The van der Waals surface area contributed by atoms with Gasteiger partial charge in [0.15, 0.2) is 0 Å². The number of aromatic nitrogens is 2. The minimum absolute atomic E-state index is 0.225. The van der Waals surface area contributed by atoms with E-state index >= 15 is 0 Å². The van der Waals surface area contributed by atoms with E-state index in [2.05, 4.69) is 40.2 Å². The molecule has 1 aromatic heterocycles. The molecule has 0 spiro atoms. The number of aryl methyl sites for hydroxylation is 1. The first kappa shape index (κ1) is 16.7. The summed E-state index contributed by atoms with van der Waals surface area (Å²) in [6.07, 6.45) is 4.26. The molecule has 0 atom stereocenters. The molecule has 6 heteroatoms. The van der Waals surface area contributed by atoms with E-state index in [1.54, 1.807) is 0 Å². The van der Waals surface area contributed by atoms with E-state index in [-0.39, 0.29) is 6.42 Å². The number of para-hydroxylation sites is 1. The minimum Gasteiger partial charge on any atom is -0.481 e. The average molecular weight is 328 g/mol. The molecule has 6 nitrogen and oxygen atoms in total. The van der Waals surface area contributed by atoms with Gasteiger partial charge in [0.2, 0.25) is 0 Å². The summed E-state index contributed by atoms with van der Waals surface area (Å²) in [6.45, 7) is 7.42. The molecule has 0 bridgehead atoms. The van der Waals surface area contributed by atoms with Crippen molar-refractivity contribution < 1.29 is 9.90 Å². The highest BCUT2D eigenvalue weighted by atomic mass is 16.4. The number of rotatable bonds is 6. The van der Waals surface area contributed by atoms with E-state index in [1.165, 1.54) is 11.1 Å². The van der Waals surface area contributed by atoms with Crippen LogP contribution in [-0.2, 0) is 11.3 Å². The Morgan fingerprint density at radius 1 is 1.17 bits per heavy atom. The van der Waals surface area contributed by atoms with Crippen LogP contribution in [0.5, 0.6) is 0 Å². The molecule has 1 saturated heterocycles. The topological polar surface area (TPSA) is 61.6 Å². The SMILES string of the molecule is Cc1ccccc1-n1cc(CN2CCN(CCC(=O)O)CC2)cn1. The zero-order valence-electron chi connectivity index (χ0n) is 14.1. The standard InChI is InChI=1S/C18H24N4O2/c1-15-4-2-3-5-17(15)22-14-16(12-19-22)13-21-10-8-20(9-11-21)7-6-18(23)24/h2-5,12,14H,6-11,13H2,1H3,(H,23,24). The van der Waals surface area contributed by atoms with Gasteiger partial charge in [-0.3, -0.25) is 9.69 Å². The van der Waals surface area contributed by atoms with Crippen LogP contribution < -0.4 is 0 Å². The van der Waals surface area contributed by atoms with Gasteiger partial charge in [-0.25, -0.2) is 4.68 Å². The fraction of sp³-hybridized carbons (Fsp3) is 0.444. The van der Waals surface area contributed by atoms with Gasteiger partial charge < -0.3 is 10.0 Å². The third kappa shape index (κ3) is 4.21. The first-order valence-corrected chi connectivity index (χ1v) is 8.38. The number of carboxylic acid groups (broad SMARTS) is 1. The van der Waals surface area contributed by atoms with E-state index in [0.29, 0.717) is 6.54 Å². The van der Waals surface area contributed by atoms with Gasteiger partial charge in [0.05, 0.1) is 18.3 Å². The Hall–Kier alpha value is -2.18. The molecule has 1 fully saturated rings. The molecule has 1 aromatic carbocycles. The minimum atomic E-state index is -0.721. The van der Waals surface area contributed by atoms with Crippen LogP contribution in [0.3, 0.4) is 0 Å². The lowest BCUT2D eigenvalue weighted by atomic mass is 10.2. The van der Waals surface area contributed by atoms with Crippen molar-refractivity contribution in [2.24, 2.45) is 0 Å². The summed E-state index contributed by atoms with van der Waals surface area (Å²) < 4.78 is 1.94. The molecule has 3 rings (SSSR count). The van der Waals surface area contributed by atoms with Crippen LogP contribution in [0, 0.1) is 6.92 Å². The molecule has 0 saturated carbocycles. The molecule has 2 heterocycles. The van der Waals surface area contributed by atoms with Crippen LogP contribution in [0.15, 0.2) is 36.7 Å². The summed E-state index contributed by atoms with van der Waals surface area (Å²) in [4.78, 5) is 15.3. The van der Waals surface area contributed by atoms with Gasteiger partial charge in [0.25, 0.3) is 0 Å². The summed E-state index contributed by atoms with van der Waals surface area (Å²) in [5.41, 5.74) is 3.53. The van der Waals surface area contributed by atoms with Gasteiger partial charge in [-0.15, -0.1) is 0 Å². The van der Waals surface area contributed by atoms with Gasteiger partial charge in [0.1, 0.15) is 0 Å². The number of aliphatic carboxylic acids is 1. The Kier molecular flexibility index (Phi) is 5.27. The molecule has 0 amide bonds. The summed E-state index contributed by atoms with van der Waals surface area (Å²) in [5.74, 6) is -0.721. The predicted molar refractivity (Wildman–Crippen MR) is 92.3 cm³/mol. The summed E-state index contributed by atoms with van der Waals surface area (Å²) in [6, 6.07) is 8.23. The Morgan fingerprint density at radius 2 is 1.88 bits per heavy atom. The number of carboxylic acids is 1. The molecule has 24 heavy (non-hydrogen) atoms. The highest BCUT2D eigenvalue weighted by Crippen LogP contribution is 2.14. The Labute approximate surface area is 142 Å². The summed E-state index contributed by atoms with van der Waals surface area (Å²) >= 11 is 0. The lowest BCUT2D eigenvalue weighted by Crippen LogP contribution is -2.46. The molecular formula is C18H24N4O2. The molecule has 1 aliphatic rings. The highest BCUT2D eigenvalue weighted by molar-refractivity contribution is 5.66. The van der Waals surface area contributed by atoms with Crippen LogP contribution in [0.1, 0.15) is 17.5 Å². The monoisotopic (exact) mass is 328 g/mol. The molecule has 1 aliphatic heterocycles. The summed E-state index contributed by atoms with van der Waals surface area (Å²) in [7, 11) is 0. The van der Waals surface area contributed by atoms with E-state index in [0.717, 1.165) is 38.4 Å². The number of hydrogen-bond acceptors (Lipinski definition) is 4. The highest BCUT2D eigenvalue weighted by Gasteiger charge is 2.18. The maximum Gasteiger partial charge on any atom is 0.304 e. The number of nitrogens with zero attached hydrogens (tertiary/aromatic N) is 4. The third-order valence-corrected chi connectivity index (χ3v) is 4.51. The largest absolute Gasteiger partial charge is 0.481 e. The van der Waals surface area contributed by atoms with Gasteiger partial charge >= 0.3 is 5.97 Å². The quantitative estimate of drug-likeness (QED) is 0.876. The predicted octanol–water partition coefficient (Wildman–Crippen LogP) is 1.77. The lowest BCUT2D eigenvalue weighted by molar-refractivity contribution is -0.137.